The van der Waals surface area contributed by atoms with Gasteiger partial charge in [-0.2, -0.15) is 0 Å². The van der Waals surface area contributed by atoms with E-state index in [9.17, 15) is 4.55 Å². The third-order valence-electron chi connectivity index (χ3n) is 0.404. The van der Waals surface area contributed by atoms with E-state index >= 15 is 0 Å². The summed E-state index contributed by atoms with van der Waals surface area (Å²) in [6.45, 7) is 0. The van der Waals surface area contributed by atoms with Crippen LogP contribution in [0.2, 0.25) is 0 Å². The molecule has 1 rings (SSSR count). The zero-order chi connectivity index (χ0) is 4.41. The molecule has 0 aromatic rings. The molecule has 0 aliphatic carbocycles. The Hall–Kier alpha value is 0.330. The standard InChI is InChI=1S/C2H3NOS2/c4-6-2-3-1-5-6/h2H,1H2. The Morgan fingerprint density at radius 1 is 2.00 bits per heavy atom. The molecule has 0 aromatic carbocycles. The molecule has 0 spiro atoms. The lowest BCUT2D eigenvalue weighted by atomic mass is 11.4. The number of nitrogens with zero attached hydrogens (tertiary/aromatic N) is 1. The zero-order valence-corrected chi connectivity index (χ0v) is 4.59. The maximum Gasteiger partial charge on any atom is 0.217 e. The summed E-state index contributed by atoms with van der Waals surface area (Å²) in [6, 6.07) is 0. The molecule has 2 nitrogen and oxygen atoms in total. The van der Waals surface area contributed by atoms with E-state index in [1.807, 2.05) is 0 Å². The topological polar surface area (TPSA) is 35.4 Å². The van der Waals surface area contributed by atoms with Gasteiger partial charge in [-0.1, -0.05) is 0 Å². The first-order valence-electron chi connectivity index (χ1n) is 1.43. The lowest BCUT2D eigenvalue weighted by Crippen LogP contribution is -1.85. The SMILES string of the molecule is [O-][S+]1C=NCS1. The lowest BCUT2D eigenvalue weighted by molar-refractivity contribution is 0.620. The van der Waals surface area contributed by atoms with Gasteiger partial charge in [0.1, 0.15) is 16.7 Å². The fourth-order valence-corrected chi connectivity index (χ4v) is 1.65. The van der Waals surface area contributed by atoms with Crippen molar-refractivity contribution in [3.05, 3.63) is 0 Å². The monoisotopic (exact) mass is 121 g/mol. The molecular formula is C2H3NOS2. The van der Waals surface area contributed by atoms with E-state index in [0.717, 1.165) is 0 Å². The molecular weight excluding hydrogens is 118 g/mol. The smallest absolute Gasteiger partial charge is 0.217 e. The van der Waals surface area contributed by atoms with Crippen LogP contribution in [-0.4, -0.2) is 16.0 Å². The Bertz CT molecular complexity index is 73.9. The molecule has 1 aliphatic heterocycles. The summed E-state index contributed by atoms with van der Waals surface area (Å²) in [4.78, 5) is 3.70. The highest BCUT2D eigenvalue weighted by molar-refractivity contribution is 8.77. The van der Waals surface area contributed by atoms with Crippen LogP contribution in [0.25, 0.3) is 0 Å². The Morgan fingerprint density at radius 2 is 2.83 bits per heavy atom. The lowest BCUT2D eigenvalue weighted by Gasteiger charge is -1.87. The summed E-state index contributed by atoms with van der Waals surface area (Å²) in [5.74, 6) is 0.673. The molecule has 1 aliphatic rings. The molecule has 0 saturated heterocycles. The molecule has 0 radical (unpaired) electrons. The van der Waals surface area contributed by atoms with Crippen molar-refractivity contribution in [1.29, 1.82) is 0 Å². The Labute approximate surface area is 42.6 Å². The van der Waals surface area contributed by atoms with Crippen LogP contribution in [0.4, 0.5) is 0 Å². The Balaban J connectivity index is 2.38. The average molecular weight is 121 g/mol. The van der Waals surface area contributed by atoms with E-state index in [1.165, 1.54) is 16.3 Å². The maximum atomic E-state index is 10.2. The molecule has 0 aromatic heterocycles. The molecule has 1 atom stereocenters. The normalized spacial score (nSPS) is 31.8. The van der Waals surface area contributed by atoms with Gasteiger partial charge in [0.2, 0.25) is 5.55 Å². The van der Waals surface area contributed by atoms with Gasteiger partial charge in [-0.25, -0.2) is 4.99 Å². The Morgan fingerprint density at radius 3 is 3.00 bits per heavy atom. The number of hydrogen-bond acceptors (Lipinski definition) is 3. The highest BCUT2D eigenvalue weighted by atomic mass is 33.1. The van der Waals surface area contributed by atoms with Crippen molar-refractivity contribution in [2.45, 2.75) is 0 Å². The van der Waals surface area contributed by atoms with Gasteiger partial charge in [-0.05, 0) is 0 Å². The zero-order valence-electron chi connectivity index (χ0n) is 2.96. The van der Waals surface area contributed by atoms with E-state index in [2.05, 4.69) is 4.99 Å². The molecule has 0 saturated carbocycles. The third-order valence-corrected chi connectivity index (χ3v) is 2.48. The summed E-state index contributed by atoms with van der Waals surface area (Å²) in [5, 5.41) is 0. The third kappa shape index (κ3) is 0.894. The van der Waals surface area contributed by atoms with E-state index < -0.39 is 10.2 Å². The minimum atomic E-state index is -0.798. The Kier molecular flexibility index (Phi) is 1.39. The van der Waals surface area contributed by atoms with Crippen LogP contribution in [-0.2, 0) is 10.2 Å². The van der Waals surface area contributed by atoms with Crippen molar-refractivity contribution in [2.24, 2.45) is 4.99 Å². The van der Waals surface area contributed by atoms with Crippen molar-refractivity contribution in [3.8, 4) is 0 Å². The molecule has 1 unspecified atom stereocenters. The predicted molar refractivity (Wildman–Crippen MR) is 29.1 cm³/mol. The van der Waals surface area contributed by atoms with Gasteiger partial charge in [0, 0.05) is 0 Å². The molecule has 0 N–H and O–H groups in total. The molecule has 6 heavy (non-hydrogen) atoms. The van der Waals surface area contributed by atoms with Crippen LogP contribution in [0.3, 0.4) is 0 Å². The summed E-state index contributed by atoms with van der Waals surface area (Å²) in [7, 11) is 0.549. The van der Waals surface area contributed by atoms with Crippen LogP contribution in [0.5, 0.6) is 0 Å². The number of aliphatic imine (C=N–C) groups is 1. The first kappa shape index (κ1) is 4.49. The van der Waals surface area contributed by atoms with Gasteiger partial charge >= 0.3 is 0 Å². The molecule has 4 heteroatoms. The van der Waals surface area contributed by atoms with Crippen molar-refractivity contribution < 1.29 is 4.55 Å². The van der Waals surface area contributed by atoms with E-state index in [1.54, 1.807) is 0 Å². The van der Waals surface area contributed by atoms with Crippen LogP contribution in [0, 0.1) is 0 Å². The van der Waals surface area contributed by atoms with Gasteiger partial charge in [0.15, 0.2) is 0 Å². The highest BCUT2D eigenvalue weighted by Crippen LogP contribution is 2.15. The van der Waals surface area contributed by atoms with Crippen molar-refractivity contribution in [3.63, 3.8) is 0 Å². The second kappa shape index (κ2) is 1.86. The van der Waals surface area contributed by atoms with Crippen LogP contribution < -0.4 is 0 Å². The van der Waals surface area contributed by atoms with Gasteiger partial charge in [-0.15, -0.1) is 0 Å². The van der Waals surface area contributed by atoms with Crippen molar-refractivity contribution >= 4 is 26.5 Å². The largest absolute Gasteiger partial charge is 0.599 e. The summed E-state index contributed by atoms with van der Waals surface area (Å²) in [5.41, 5.74) is 1.46. The van der Waals surface area contributed by atoms with Gasteiger partial charge < -0.3 is 4.55 Å². The molecule has 0 bridgehead atoms. The fourth-order valence-electron chi connectivity index (χ4n) is 0.204. The molecule has 1 heterocycles. The average Bonchev–Trinajstić information content (AvgIpc) is 1.86. The summed E-state index contributed by atoms with van der Waals surface area (Å²) < 4.78 is 10.2. The quantitative estimate of drug-likeness (QED) is 0.343. The molecule has 34 valence electrons. The van der Waals surface area contributed by atoms with Gasteiger partial charge in [-0.3, -0.25) is 0 Å². The second-order valence-corrected chi connectivity index (χ2v) is 3.71. The predicted octanol–water partition coefficient (Wildman–Crippen LogP) is 0.383. The van der Waals surface area contributed by atoms with Crippen molar-refractivity contribution in [2.75, 3.05) is 5.88 Å². The van der Waals surface area contributed by atoms with E-state index in [4.69, 9.17) is 0 Å². The van der Waals surface area contributed by atoms with E-state index in [-0.39, 0.29) is 0 Å². The van der Waals surface area contributed by atoms with Crippen LogP contribution >= 0.6 is 10.8 Å². The van der Waals surface area contributed by atoms with Gasteiger partial charge in [0.05, 0.1) is 10.2 Å². The minimum Gasteiger partial charge on any atom is -0.599 e. The van der Waals surface area contributed by atoms with Gasteiger partial charge in [0.25, 0.3) is 0 Å². The number of rotatable bonds is 0. The van der Waals surface area contributed by atoms with Crippen LogP contribution in [0.1, 0.15) is 0 Å². The van der Waals surface area contributed by atoms with E-state index in [0.29, 0.717) is 5.88 Å². The maximum absolute atomic E-state index is 10.2. The van der Waals surface area contributed by atoms with Crippen molar-refractivity contribution in [1.82, 2.24) is 0 Å². The fraction of sp³-hybridized carbons (Fsp3) is 0.500. The molecule has 0 fully saturated rings. The second-order valence-electron chi connectivity index (χ2n) is 0.795. The molecule has 0 amide bonds. The first-order chi connectivity index (χ1) is 2.89. The van der Waals surface area contributed by atoms with Crippen LogP contribution in [0.15, 0.2) is 4.99 Å². The minimum absolute atomic E-state index is 0.673. The highest BCUT2D eigenvalue weighted by Gasteiger charge is 2.08. The first-order valence-corrected chi connectivity index (χ1v) is 4.15. The summed E-state index contributed by atoms with van der Waals surface area (Å²) in [6.07, 6.45) is 0. The summed E-state index contributed by atoms with van der Waals surface area (Å²) >= 11 is 0. The number of hydrogen-bond donors (Lipinski definition) is 0.